The van der Waals surface area contributed by atoms with Crippen LogP contribution in [0.1, 0.15) is 78.4 Å². The van der Waals surface area contributed by atoms with Crippen molar-refractivity contribution in [1.29, 1.82) is 0 Å². The Morgan fingerprint density at radius 1 is 0.688 bits per heavy atom. The molecule has 4 atom stereocenters. The Labute approximate surface area is 193 Å². The number of piperidine rings is 1. The quantitative estimate of drug-likeness (QED) is 0.520. The van der Waals surface area contributed by atoms with Crippen LogP contribution in [0, 0.1) is 11.8 Å². The van der Waals surface area contributed by atoms with E-state index in [9.17, 15) is 0 Å². The first-order chi connectivity index (χ1) is 15.9. The molecule has 1 aliphatic heterocycles. The Balaban J connectivity index is 1.55. The molecule has 32 heavy (non-hydrogen) atoms. The Morgan fingerprint density at radius 2 is 1.22 bits per heavy atom. The van der Waals surface area contributed by atoms with Crippen molar-refractivity contribution < 1.29 is 4.90 Å². The van der Waals surface area contributed by atoms with Gasteiger partial charge in [0.2, 0.25) is 0 Å². The van der Waals surface area contributed by atoms with Crippen LogP contribution in [0.15, 0.2) is 78.9 Å². The van der Waals surface area contributed by atoms with Crippen molar-refractivity contribution in [1.82, 2.24) is 0 Å². The van der Waals surface area contributed by atoms with Crippen LogP contribution in [-0.4, -0.2) is 6.54 Å². The van der Waals surface area contributed by atoms with Gasteiger partial charge in [-0.05, 0) is 48.8 Å². The van der Waals surface area contributed by atoms with Crippen molar-refractivity contribution in [3.8, 4) is 0 Å². The van der Waals surface area contributed by atoms with Gasteiger partial charge in [-0.15, -0.1) is 0 Å². The van der Waals surface area contributed by atoms with Crippen LogP contribution in [0.2, 0.25) is 0 Å². The zero-order valence-corrected chi connectivity index (χ0v) is 19.3. The number of quaternary nitrogens is 1. The number of rotatable bonds is 4. The highest BCUT2D eigenvalue weighted by Gasteiger charge is 2.55. The van der Waals surface area contributed by atoms with E-state index >= 15 is 0 Å². The molecule has 3 aromatic carbocycles. The molecule has 4 unspecified atom stereocenters. The minimum absolute atomic E-state index is 0.615. The van der Waals surface area contributed by atoms with E-state index in [1.807, 2.05) is 4.90 Å². The highest BCUT2D eigenvalue weighted by atomic mass is 15.2. The summed E-state index contributed by atoms with van der Waals surface area (Å²) in [7, 11) is 0. The predicted octanol–water partition coefficient (Wildman–Crippen LogP) is 6.08. The lowest BCUT2D eigenvalue weighted by Crippen LogP contribution is -3.15. The van der Waals surface area contributed by atoms with Crippen LogP contribution >= 0.6 is 0 Å². The van der Waals surface area contributed by atoms with Gasteiger partial charge in [-0.1, -0.05) is 92.2 Å². The molecule has 3 aliphatic rings. The van der Waals surface area contributed by atoms with Gasteiger partial charge in [0.1, 0.15) is 12.1 Å². The summed E-state index contributed by atoms with van der Waals surface area (Å²) in [6.45, 7) is 3.65. The van der Waals surface area contributed by atoms with Gasteiger partial charge in [0.05, 0.1) is 6.54 Å². The first kappa shape index (κ1) is 20.2. The lowest BCUT2D eigenvalue weighted by atomic mass is 9.58. The van der Waals surface area contributed by atoms with Gasteiger partial charge < -0.3 is 4.90 Å². The van der Waals surface area contributed by atoms with Crippen LogP contribution in [-0.2, 0) is 12.8 Å². The van der Waals surface area contributed by atoms with Crippen molar-refractivity contribution in [2.45, 2.75) is 63.5 Å². The smallest absolute Gasteiger partial charge is 0.117 e. The molecular weight excluding hydrogens is 386 g/mol. The summed E-state index contributed by atoms with van der Waals surface area (Å²) in [5.41, 5.74) is 8.11. The summed E-state index contributed by atoms with van der Waals surface area (Å²) in [6.07, 6.45) is 7.76. The molecule has 1 fully saturated rings. The summed E-state index contributed by atoms with van der Waals surface area (Å²) in [6, 6.07) is 31.6. The average Bonchev–Trinajstić information content (AvgIpc) is 2.86. The minimum Gasteiger partial charge on any atom is -0.322 e. The fraction of sp³-hybridized carbons (Fsp3) is 0.419. The number of benzene rings is 3. The highest BCUT2D eigenvalue weighted by molar-refractivity contribution is 5.38. The molecule has 2 aliphatic carbocycles. The topological polar surface area (TPSA) is 4.44 Å². The van der Waals surface area contributed by atoms with Crippen molar-refractivity contribution in [2.75, 3.05) is 6.54 Å². The molecule has 1 N–H and O–H groups in total. The van der Waals surface area contributed by atoms with E-state index in [2.05, 4.69) is 85.8 Å². The second-order valence-electron chi connectivity index (χ2n) is 10.4. The minimum atomic E-state index is 0.615. The van der Waals surface area contributed by atoms with Crippen LogP contribution in [0.25, 0.3) is 0 Å². The SMILES string of the molecule is CCCC[NH+]1C2c3ccccc3CCC2C(c2ccccc2)C2CCc3ccccc3C21. The molecule has 1 saturated heterocycles. The third-order valence-corrected chi connectivity index (χ3v) is 8.86. The molecule has 0 spiro atoms. The molecule has 1 heteroatoms. The molecule has 0 saturated carbocycles. The Morgan fingerprint density at radius 3 is 1.78 bits per heavy atom. The number of fused-ring (bicyclic) bond motifs is 6. The summed E-state index contributed by atoms with van der Waals surface area (Å²) in [5.74, 6) is 2.15. The largest absolute Gasteiger partial charge is 0.322 e. The van der Waals surface area contributed by atoms with E-state index in [4.69, 9.17) is 0 Å². The Hall–Kier alpha value is -2.38. The Kier molecular flexibility index (Phi) is 5.39. The Bertz CT molecular complexity index is 1010. The second-order valence-corrected chi connectivity index (χ2v) is 10.4. The van der Waals surface area contributed by atoms with Crippen LogP contribution < -0.4 is 4.90 Å². The first-order valence-electron chi connectivity index (χ1n) is 12.9. The van der Waals surface area contributed by atoms with Crippen molar-refractivity contribution in [2.24, 2.45) is 11.8 Å². The lowest BCUT2D eigenvalue weighted by molar-refractivity contribution is -0.978. The van der Waals surface area contributed by atoms with Gasteiger partial charge in [-0.2, -0.15) is 0 Å². The molecule has 1 heterocycles. The van der Waals surface area contributed by atoms with Gasteiger partial charge in [0.25, 0.3) is 0 Å². The molecule has 0 aromatic heterocycles. The standard InChI is InChI=1S/C31H35N/c1-2-3-21-32-30-25-15-9-7-11-22(25)17-19-27(30)29(24-13-5-4-6-14-24)28-20-18-23-12-8-10-16-26(23)31(28)32/h4-16,27-31H,2-3,17-21H2,1H3/p+1. The van der Waals surface area contributed by atoms with E-state index in [1.165, 1.54) is 45.1 Å². The first-order valence-corrected chi connectivity index (χ1v) is 12.9. The van der Waals surface area contributed by atoms with Gasteiger partial charge in [0, 0.05) is 28.9 Å². The monoisotopic (exact) mass is 422 g/mol. The molecule has 164 valence electrons. The molecule has 0 amide bonds. The predicted molar refractivity (Wildman–Crippen MR) is 132 cm³/mol. The molecule has 0 radical (unpaired) electrons. The maximum absolute atomic E-state index is 2.47. The van der Waals surface area contributed by atoms with Gasteiger partial charge in [0.15, 0.2) is 0 Å². The zero-order chi connectivity index (χ0) is 21.5. The number of likely N-dealkylation sites (tertiary alicyclic amines) is 1. The second kappa shape index (κ2) is 8.52. The fourth-order valence-corrected chi connectivity index (χ4v) is 7.67. The van der Waals surface area contributed by atoms with E-state index in [1.54, 1.807) is 27.8 Å². The molecular formula is C31H36N+. The number of unbranched alkanes of at least 4 members (excludes halogenated alkanes) is 1. The van der Waals surface area contributed by atoms with Gasteiger partial charge in [-0.25, -0.2) is 0 Å². The molecule has 3 aromatic rings. The highest BCUT2D eigenvalue weighted by Crippen LogP contribution is 2.54. The molecule has 1 nitrogen and oxygen atoms in total. The summed E-state index contributed by atoms with van der Waals surface area (Å²) in [5, 5.41) is 0. The van der Waals surface area contributed by atoms with Crippen LogP contribution in [0.5, 0.6) is 0 Å². The van der Waals surface area contributed by atoms with Gasteiger partial charge in [-0.3, -0.25) is 0 Å². The van der Waals surface area contributed by atoms with E-state index in [-0.39, 0.29) is 0 Å². The number of hydrogen-bond donors (Lipinski definition) is 1. The third kappa shape index (κ3) is 3.25. The van der Waals surface area contributed by atoms with E-state index in [0.29, 0.717) is 18.0 Å². The summed E-state index contributed by atoms with van der Waals surface area (Å²) >= 11 is 0. The van der Waals surface area contributed by atoms with Crippen molar-refractivity contribution in [3.05, 3.63) is 107 Å². The zero-order valence-electron chi connectivity index (χ0n) is 19.3. The molecule has 6 rings (SSSR count). The summed E-state index contributed by atoms with van der Waals surface area (Å²) < 4.78 is 0. The molecule has 0 bridgehead atoms. The van der Waals surface area contributed by atoms with Crippen LogP contribution in [0.3, 0.4) is 0 Å². The normalized spacial score (nSPS) is 30.5. The van der Waals surface area contributed by atoms with Crippen LogP contribution in [0.4, 0.5) is 0 Å². The maximum atomic E-state index is 2.47. The summed E-state index contributed by atoms with van der Waals surface area (Å²) in [4.78, 5) is 1.87. The fourth-order valence-electron chi connectivity index (χ4n) is 7.67. The number of aryl methyl sites for hydroxylation is 2. The number of hydrogen-bond acceptors (Lipinski definition) is 0. The average molecular weight is 423 g/mol. The lowest BCUT2D eigenvalue weighted by Gasteiger charge is -2.55. The number of nitrogens with one attached hydrogen (secondary N) is 1. The third-order valence-electron chi connectivity index (χ3n) is 8.86. The van der Waals surface area contributed by atoms with Gasteiger partial charge >= 0.3 is 0 Å². The maximum Gasteiger partial charge on any atom is 0.117 e. The van der Waals surface area contributed by atoms with E-state index < -0.39 is 0 Å². The van der Waals surface area contributed by atoms with E-state index in [0.717, 1.165) is 11.8 Å². The van der Waals surface area contributed by atoms with Crippen molar-refractivity contribution >= 4 is 0 Å². The van der Waals surface area contributed by atoms with Crippen molar-refractivity contribution in [3.63, 3.8) is 0 Å².